The Labute approximate surface area is 168 Å². The molecule has 0 atom stereocenters. The zero-order valence-corrected chi connectivity index (χ0v) is 16.3. The van der Waals surface area contributed by atoms with Crippen LogP contribution in [0.5, 0.6) is 0 Å². The Morgan fingerprint density at radius 3 is 2.48 bits per heavy atom. The van der Waals surface area contributed by atoms with Crippen molar-refractivity contribution in [1.82, 2.24) is 0 Å². The van der Waals surface area contributed by atoms with Crippen molar-refractivity contribution < 1.29 is 23.5 Å². The number of ether oxygens (including phenoxy) is 2. The second-order valence-corrected chi connectivity index (χ2v) is 7.23. The number of benzene rings is 2. The van der Waals surface area contributed by atoms with Crippen molar-refractivity contribution >= 4 is 51.5 Å². The second-order valence-electron chi connectivity index (χ2n) is 6.17. The van der Waals surface area contributed by atoms with Crippen molar-refractivity contribution in [1.29, 1.82) is 0 Å². The Balaban J connectivity index is 2.18. The van der Waals surface area contributed by atoms with Gasteiger partial charge in [0.1, 0.15) is 16.1 Å². The van der Waals surface area contributed by atoms with Crippen LogP contribution in [0, 0.1) is 0 Å². The highest BCUT2D eigenvalue weighted by molar-refractivity contribution is 8.03. The summed E-state index contributed by atoms with van der Waals surface area (Å²) in [5.74, 6) is -1.58. The summed E-state index contributed by atoms with van der Waals surface area (Å²) in [6.07, 6.45) is 1.44. The van der Waals surface area contributed by atoms with Gasteiger partial charge in [0.25, 0.3) is 0 Å². The molecular formula is C21H15NO6S. The molecule has 0 amide bonds. The van der Waals surface area contributed by atoms with Gasteiger partial charge < -0.3 is 19.6 Å². The van der Waals surface area contributed by atoms with Crippen LogP contribution in [0.2, 0.25) is 0 Å². The maximum absolute atomic E-state index is 12.7. The van der Waals surface area contributed by atoms with Crippen molar-refractivity contribution in [3.63, 3.8) is 0 Å². The largest absolute Gasteiger partial charge is 0.465 e. The molecule has 1 aromatic heterocycles. The summed E-state index contributed by atoms with van der Waals surface area (Å²) in [7, 11) is 2.37. The Morgan fingerprint density at radius 2 is 1.76 bits per heavy atom. The van der Waals surface area contributed by atoms with Crippen LogP contribution < -0.4 is 11.4 Å². The monoisotopic (exact) mass is 409 g/mol. The van der Waals surface area contributed by atoms with Crippen LogP contribution in [0.4, 0.5) is 0 Å². The number of fused-ring (bicyclic) bond motifs is 5. The Hall–Kier alpha value is -3.52. The summed E-state index contributed by atoms with van der Waals surface area (Å²) < 4.78 is 15.1. The third kappa shape index (κ3) is 2.98. The molecule has 4 rings (SSSR count). The number of carbonyl (C=O) groups is 2. The molecular weight excluding hydrogens is 394 g/mol. The SMILES string of the molecule is COC(=O)C1=Cc2c(c(=O)oc3ccc4ccccc4c23)SC(N)=C1C(=O)OC. The van der Waals surface area contributed by atoms with E-state index >= 15 is 0 Å². The van der Waals surface area contributed by atoms with Gasteiger partial charge in [-0.3, -0.25) is 0 Å². The van der Waals surface area contributed by atoms with Crippen LogP contribution in [0.15, 0.2) is 66.7 Å². The zero-order valence-electron chi connectivity index (χ0n) is 15.5. The quantitative estimate of drug-likeness (QED) is 0.391. The highest BCUT2D eigenvalue weighted by Gasteiger charge is 2.31. The summed E-state index contributed by atoms with van der Waals surface area (Å²) in [5, 5.41) is 2.32. The third-order valence-electron chi connectivity index (χ3n) is 4.60. The van der Waals surface area contributed by atoms with E-state index in [9.17, 15) is 14.4 Å². The van der Waals surface area contributed by atoms with Crippen LogP contribution in [-0.4, -0.2) is 26.2 Å². The lowest BCUT2D eigenvalue weighted by atomic mass is 9.98. The first-order valence-corrected chi connectivity index (χ1v) is 9.32. The molecule has 2 N–H and O–H groups in total. The molecule has 2 heterocycles. The summed E-state index contributed by atoms with van der Waals surface area (Å²) in [4.78, 5) is 37.7. The molecule has 29 heavy (non-hydrogen) atoms. The van der Waals surface area contributed by atoms with Crippen LogP contribution in [-0.2, 0) is 19.1 Å². The van der Waals surface area contributed by atoms with Gasteiger partial charge in [-0.05, 0) is 22.9 Å². The molecule has 3 aromatic rings. The number of nitrogens with two attached hydrogens (primary N) is 1. The molecule has 0 unspecified atom stereocenters. The molecule has 2 aromatic carbocycles. The number of methoxy groups -OCH3 is 2. The first kappa shape index (κ1) is 18.8. The summed E-state index contributed by atoms with van der Waals surface area (Å²) in [5.41, 5.74) is 6.00. The molecule has 0 bridgehead atoms. The molecule has 7 nitrogen and oxygen atoms in total. The lowest BCUT2D eigenvalue weighted by Crippen LogP contribution is -2.18. The van der Waals surface area contributed by atoms with Crippen LogP contribution in [0.25, 0.3) is 27.8 Å². The minimum atomic E-state index is -0.807. The molecule has 0 radical (unpaired) electrons. The number of esters is 2. The Bertz CT molecular complexity index is 1320. The van der Waals surface area contributed by atoms with E-state index < -0.39 is 17.6 Å². The van der Waals surface area contributed by atoms with Gasteiger partial charge in [-0.1, -0.05) is 42.1 Å². The van der Waals surface area contributed by atoms with Crippen LogP contribution >= 0.6 is 11.8 Å². The van der Waals surface area contributed by atoms with Crippen molar-refractivity contribution in [3.05, 3.63) is 68.6 Å². The molecule has 1 aliphatic rings. The number of carbonyl (C=O) groups excluding carboxylic acids is 2. The van der Waals surface area contributed by atoms with Gasteiger partial charge in [-0.15, -0.1) is 0 Å². The van der Waals surface area contributed by atoms with Gasteiger partial charge in [0.2, 0.25) is 0 Å². The molecule has 0 fully saturated rings. The molecule has 0 saturated heterocycles. The topological polar surface area (TPSA) is 109 Å². The van der Waals surface area contributed by atoms with Crippen molar-refractivity contribution in [2.75, 3.05) is 14.2 Å². The average Bonchev–Trinajstić information content (AvgIpc) is 2.89. The molecule has 0 saturated carbocycles. The fourth-order valence-electron chi connectivity index (χ4n) is 3.31. The minimum absolute atomic E-state index is 0.0564. The van der Waals surface area contributed by atoms with E-state index in [1.807, 2.05) is 30.3 Å². The van der Waals surface area contributed by atoms with Gasteiger partial charge in [0, 0.05) is 10.9 Å². The lowest BCUT2D eigenvalue weighted by molar-refractivity contribution is -0.139. The number of rotatable bonds is 2. The maximum Gasteiger partial charge on any atom is 0.351 e. The lowest BCUT2D eigenvalue weighted by Gasteiger charge is -2.09. The smallest absolute Gasteiger partial charge is 0.351 e. The van der Waals surface area contributed by atoms with Crippen molar-refractivity contribution in [2.24, 2.45) is 5.73 Å². The van der Waals surface area contributed by atoms with Gasteiger partial charge in [-0.25, -0.2) is 14.4 Å². The number of hydrogen-bond acceptors (Lipinski definition) is 8. The second kappa shape index (κ2) is 7.14. The highest BCUT2D eigenvalue weighted by Crippen LogP contribution is 2.40. The van der Waals surface area contributed by atoms with Crippen molar-refractivity contribution in [2.45, 2.75) is 4.90 Å². The predicted octanol–water partition coefficient (Wildman–Crippen LogP) is 2.95. The fraction of sp³-hybridized carbons (Fsp3) is 0.0952. The number of hydrogen-bond donors (Lipinski definition) is 1. The molecule has 0 aliphatic carbocycles. The van der Waals surface area contributed by atoms with Gasteiger partial charge in [-0.2, -0.15) is 0 Å². The van der Waals surface area contributed by atoms with E-state index in [0.717, 1.165) is 22.5 Å². The summed E-state index contributed by atoms with van der Waals surface area (Å²) in [6.45, 7) is 0. The van der Waals surface area contributed by atoms with E-state index in [0.29, 0.717) is 16.5 Å². The Kier molecular flexibility index (Phi) is 4.63. The van der Waals surface area contributed by atoms with E-state index in [2.05, 4.69) is 0 Å². The normalized spacial score (nSPS) is 13.7. The van der Waals surface area contributed by atoms with Crippen molar-refractivity contribution in [3.8, 4) is 0 Å². The van der Waals surface area contributed by atoms with Crippen LogP contribution in [0.3, 0.4) is 0 Å². The average molecular weight is 409 g/mol. The standard InChI is InChI=1S/C21H15NO6S/c1-26-19(23)13-9-12-15-11-6-4-3-5-10(11)7-8-14(15)28-21(25)17(12)29-18(22)16(13)20(24)27-2/h3-9H,22H2,1-2H3. The van der Waals surface area contributed by atoms with E-state index in [1.165, 1.54) is 20.3 Å². The highest BCUT2D eigenvalue weighted by atomic mass is 32.2. The summed E-state index contributed by atoms with van der Waals surface area (Å²) in [6, 6.07) is 11.1. The first-order valence-electron chi connectivity index (χ1n) is 8.51. The fourth-order valence-corrected chi connectivity index (χ4v) is 4.22. The maximum atomic E-state index is 12.7. The first-order chi connectivity index (χ1) is 14.0. The van der Waals surface area contributed by atoms with Crippen LogP contribution in [0.1, 0.15) is 5.56 Å². The molecule has 1 aliphatic heterocycles. The Morgan fingerprint density at radius 1 is 1.03 bits per heavy atom. The zero-order chi connectivity index (χ0) is 20.7. The number of thioether (sulfide) groups is 1. The minimum Gasteiger partial charge on any atom is -0.465 e. The predicted molar refractivity (Wildman–Crippen MR) is 109 cm³/mol. The molecule has 8 heteroatoms. The van der Waals surface area contributed by atoms with E-state index in [-0.39, 0.29) is 21.1 Å². The van der Waals surface area contributed by atoms with E-state index in [1.54, 1.807) is 6.07 Å². The van der Waals surface area contributed by atoms with Gasteiger partial charge >= 0.3 is 17.6 Å². The summed E-state index contributed by atoms with van der Waals surface area (Å²) >= 11 is 0.857. The molecule has 146 valence electrons. The third-order valence-corrected chi connectivity index (χ3v) is 5.62. The van der Waals surface area contributed by atoms with E-state index in [4.69, 9.17) is 19.6 Å². The van der Waals surface area contributed by atoms with Gasteiger partial charge in [0.05, 0.1) is 24.8 Å². The molecule has 0 spiro atoms. The van der Waals surface area contributed by atoms with Gasteiger partial charge in [0.15, 0.2) is 0 Å².